The number of halogens is 3. The van der Waals surface area contributed by atoms with Crippen LogP contribution in [0.1, 0.15) is 28.4 Å². The lowest BCUT2D eigenvalue weighted by Crippen LogP contribution is -2.11. The van der Waals surface area contributed by atoms with E-state index in [-0.39, 0.29) is 11.1 Å². The second-order valence-corrected chi connectivity index (χ2v) is 5.07. The molecular weight excluding hydrogens is 333 g/mol. The summed E-state index contributed by atoms with van der Waals surface area (Å²) in [5.74, 6) is 4.01. The largest absolute Gasteiger partial charge is 0.459 e. The van der Waals surface area contributed by atoms with Crippen molar-refractivity contribution < 1.29 is 27.4 Å². The Kier molecular flexibility index (Phi) is 5.84. The third-order valence-corrected chi connectivity index (χ3v) is 3.48. The maximum absolute atomic E-state index is 13.1. The molecule has 0 saturated heterocycles. The number of esters is 1. The lowest BCUT2D eigenvalue weighted by molar-refractivity contribution is -0.137. The average Bonchev–Trinajstić information content (AvgIpc) is 2.61. The second kappa shape index (κ2) is 7.86. The first kappa shape index (κ1) is 18.6. The van der Waals surface area contributed by atoms with E-state index in [2.05, 4.69) is 16.6 Å². The maximum Gasteiger partial charge on any atom is 0.416 e. The number of alkyl halides is 3. The van der Waals surface area contributed by atoms with Crippen LogP contribution >= 0.6 is 0 Å². The molecule has 1 atom stereocenters. The molecule has 0 aliphatic carbocycles. The highest BCUT2D eigenvalue weighted by Crippen LogP contribution is 2.34. The molecule has 0 spiro atoms. The Morgan fingerprint density at radius 2 is 1.76 bits per heavy atom. The molecule has 0 fully saturated rings. The first-order valence-corrected chi connectivity index (χ1v) is 7.25. The molecule has 0 bridgehead atoms. The Morgan fingerprint density at radius 1 is 1.08 bits per heavy atom. The van der Waals surface area contributed by atoms with Gasteiger partial charge in [-0.3, -0.25) is 0 Å². The predicted octanol–water partition coefficient (Wildman–Crippen LogP) is 3.97. The van der Waals surface area contributed by atoms with Crippen molar-refractivity contribution >= 4 is 5.97 Å². The molecule has 1 unspecified atom stereocenters. The molecule has 0 aliphatic heterocycles. The minimum atomic E-state index is -4.50. The standard InChI is InChI=1S/C19H15F3O3/c1-24-17(23)11-9-13-8-10-15(19(20,21)22)12-16(13)18(25-2)14-6-4-3-5-7-14/h3-8,10,12,18H,1-2H3. The Labute approximate surface area is 143 Å². The van der Waals surface area contributed by atoms with Crippen LogP contribution in [0.5, 0.6) is 0 Å². The molecule has 2 aromatic carbocycles. The Bertz CT molecular complexity index is 802. The van der Waals surface area contributed by atoms with Crippen LogP contribution in [0, 0.1) is 11.8 Å². The minimum absolute atomic E-state index is 0.222. The minimum Gasteiger partial charge on any atom is -0.459 e. The van der Waals surface area contributed by atoms with E-state index in [0.717, 1.165) is 12.1 Å². The molecule has 130 valence electrons. The summed E-state index contributed by atoms with van der Waals surface area (Å²) in [6.07, 6.45) is -5.26. The van der Waals surface area contributed by atoms with E-state index in [9.17, 15) is 18.0 Å². The predicted molar refractivity (Wildman–Crippen MR) is 85.6 cm³/mol. The van der Waals surface area contributed by atoms with Crippen molar-refractivity contribution in [3.05, 3.63) is 70.8 Å². The molecule has 25 heavy (non-hydrogen) atoms. The number of carbonyl (C=O) groups excluding carboxylic acids is 1. The summed E-state index contributed by atoms with van der Waals surface area (Å²) in [6.45, 7) is 0. The van der Waals surface area contributed by atoms with Crippen LogP contribution in [0.15, 0.2) is 48.5 Å². The molecule has 0 heterocycles. The van der Waals surface area contributed by atoms with Crippen LogP contribution in [0.25, 0.3) is 0 Å². The average molecular weight is 348 g/mol. The fourth-order valence-electron chi connectivity index (χ4n) is 2.31. The zero-order valence-corrected chi connectivity index (χ0v) is 13.6. The lowest BCUT2D eigenvalue weighted by atomic mass is 9.94. The third-order valence-electron chi connectivity index (χ3n) is 3.48. The monoisotopic (exact) mass is 348 g/mol. The van der Waals surface area contributed by atoms with Gasteiger partial charge in [0.2, 0.25) is 0 Å². The summed E-state index contributed by atoms with van der Waals surface area (Å²) in [4.78, 5) is 11.2. The highest BCUT2D eigenvalue weighted by Gasteiger charge is 2.32. The van der Waals surface area contributed by atoms with E-state index >= 15 is 0 Å². The summed E-state index contributed by atoms with van der Waals surface area (Å²) in [5.41, 5.74) is 0.337. The molecule has 2 rings (SSSR count). The van der Waals surface area contributed by atoms with Gasteiger partial charge in [0.15, 0.2) is 0 Å². The Morgan fingerprint density at radius 3 is 2.32 bits per heavy atom. The molecule has 0 N–H and O–H groups in total. The smallest absolute Gasteiger partial charge is 0.416 e. The summed E-state index contributed by atoms with van der Waals surface area (Å²) >= 11 is 0. The molecule has 2 aromatic rings. The van der Waals surface area contributed by atoms with Gasteiger partial charge >= 0.3 is 12.1 Å². The summed E-state index contributed by atoms with van der Waals surface area (Å²) in [6, 6.07) is 11.9. The quantitative estimate of drug-likeness (QED) is 0.622. The van der Waals surface area contributed by atoms with E-state index in [0.29, 0.717) is 5.56 Å². The van der Waals surface area contributed by atoms with Gasteiger partial charge < -0.3 is 9.47 Å². The number of hydrogen-bond donors (Lipinski definition) is 0. The van der Waals surface area contributed by atoms with Gasteiger partial charge in [-0.1, -0.05) is 36.3 Å². The number of benzene rings is 2. The normalized spacial score (nSPS) is 12.0. The zero-order valence-electron chi connectivity index (χ0n) is 13.6. The van der Waals surface area contributed by atoms with E-state index in [4.69, 9.17) is 4.74 Å². The van der Waals surface area contributed by atoms with Gasteiger partial charge in [0.25, 0.3) is 0 Å². The third kappa shape index (κ3) is 4.61. The highest BCUT2D eigenvalue weighted by molar-refractivity contribution is 5.89. The first-order chi connectivity index (χ1) is 11.9. The van der Waals surface area contributed by atoms with Crippen molar-refractivity contribution in [2.24, 2.45) is 0 Å². The van der Waals surface area contributed by atoms with Gasteiger partial charge in [-0.25, -0.2) is 4.79 Å². The second-order valence-electron chi connectivity index (χ2n) is 5.07. The summed E-state index contributed by atoms with van der Waals surface area (Å²) in [7, 11) is 2.57. The molecule has 3 nitrogen and oxygen atoms in total. The summed E-state index contributed by atoms with van der Waals surface area (Å²) in [5, 5.41) is 0. The fraction of sp³-hybridized carbons (Fsp3) is 0.211. The first-order valence-electron chi connectivity index (χ1n) is 7.25. The SMILES string of the molecule is COC(=O)C#Cc1ccc(C(F)(F)F)cc1C(OC)c1ccccc1. The number of hydrogen-bond acceptors (Lipinski definition) is 3. The zero-order chi connectivity index (χ0) is 18.4. The van der Waals surface area contributed by atoms with Crippen molar-refractivity contribution in [1.29, 1.82) is 0 Å². The molecule has 0 aromatic heterocycles. The van der Waals surface area contributed by atoms with Crippen LogP contribution in [-0.4, -0.2) is 20.2 Å². The molecule has 0 saturated carbocycles. The topological polar surface area (TPSA) is 35.5 Å². The van der Waals surface area contributed by atoms with Crippen molar-refractivity contribution in [1.82, 2.24) is 0 Å². The molecule has 0 aliphatic rings. The van der Waals surface area contributed by atoms with Crippen molar-refractivity contribution in [3.8, 4) is 11.8 Å². The van der Waals surface area contributed by atoms with Crippen molar-refractivity contribution in [2.75, 3.05) is 14.2 Å². The number of ether oxygens (including phenoxy) is 2. The fourth-order valence-corrected chi connectivity index (χ4v) is 2.31. The molecule has 0 amide bonds. The van der Waals surface area contributed by atoms with Crippen LogP contribution in [-0.2, 0) is 20.4 Å². The molecule has 0 radical (unpaired) electrons. The van der Waals surface area contributed by atoms with Crippen LogP contribution in [0.3, 0.4) is 0 Å². The Hall–Kier alpha value is -2.78. The van der Waals surface area contributed by atoms with E-state index in [1.807, 2.05) is 0 Å². The number of carbonyl (C=O) groups is 1. The van der Waals surface area contributed by atoms with Crippen LogP contribution < -0.4 is 0 Å². The van der Waals surface area contributed by atoms with E-state index in [1.165, 1.54) is 20.3 Å². The van der Waals surface area contributed by atoms with Crippen molar-refractivity contribution in [2.45, 2.75) is 12.3 Å². The number of rotatable bonds is 3. The van der Waals surface area contributed by atoms with Gasteiger partial charge in [0.05, 0.1) is 12.7 Å². The van der Waals surface area contributed by atoms with E-state index < -0.39 is 23.8 Å². The molecular formula is C19H15F3O3. The van der Waals surface area contributed by atoms with Gasteiger partial charge in [-0.2, -0.15) is 13.2 Å². The molecule has 6 heteroatoms. The van der Waals surface area contributed by atoms with Crippen LogP contribution in [0.4, 0.5) is 13.2 Å². The van der Waals surface area contributed by atoms with E-state index in [1.54, 1.807) is 30.3 Å². The lowest BCUT2D eigenvalue weighted by Gasteiger charge is -2.19. The maximum atomic E-state index is 13.1. The van der Waals surface area contributed by atoms with Gasteiger partial charge in [-0.05, 0) is 23.8 Å². The van der Waals surface area contributed by atoms with Crippen LogP contribution in [0.2, 0.25) is 0 Å². The van der Waals surface area contributed by atoms with Gasteiger partial charge in [-0.15, -0.1) is 0 Å². The highest BCUT2D eigenvalue weighted by atomic mass is 19.4. The van der Waals surface area contributed by atoms with Gasteiger partial charge in [0.1, 0.15) is 6.10 Å². The summed E-state index contributed by atoms with van der Waals surface area (Å²) < 4.78 is 49.1. The van der Waals surface area contributed by atoms with Crippen molar-refractivity contribution in [3.63, 3.8) is 0 Å². The van der Waals surface area contributed by atoms with Gasteiger partial charge in [0, 0.05) is 24.2 Å². The number of methoxy groups -OCH3 is 2. The Balaban J connectivity index is 2.60.